The molecule has 2 aliphatic rings. The molecule has 15 heteroatoms. The number of likely N-dealkylation sites (tertiary alicyclic amines) is 1. The predicted octanol–water partition coefficient (Wildman–Crippen LogP) is 5.44. The van der Waals surface area contributed by atoms with Crippen LogP contribution in [0.2, 0.25) is 0 Å². The van der Waals surface area contributed by atoms with Crippen molar-refractivity contribution in [1.29, 1.82) is 0 Å². The van der Waals surface area contributed by atoms with Gasteiger partial charge in [0, 0.05) is 30.3 Å². The minimum absolute atomic E-state index is 0.0521. The maximum atomic E-state index is 13.8. The number of nitrogens with zero attached hydrogens (tertiary/aromatic N) is 3. The van der Waals surface area contributed by atoms with Crippen LogP contribution in [-0.2, 0) is 10.0 Å². The van der Waals surface area contributed by atoms with Crippen LogP contribution in [0.3, 0.4) is 0 Å². The second-order valence-corrected chi connectivity index (χ2v) is 12.7. The smallest absolute Gasteiger partial charge is 0.270 e. The van der Waals surface area contributed by atoms with Gasteiger partial charge in [-0.2, -0.15) is 5.10 Å². The summed E-state index contributed by atoms with van der Waals surface area (Å²) in [5.41, 5.74) is 2.68. The maximum absolute atomic E-state index is 13.8. The van der Waals surface area contributed by atoms with E-state index in [1.165, 1.54) is 21.3 Å². The number of methoxy groups -OCH3 is 3. The Labute approximate surface area is 253 Å². The van der Waals surface area contributed by atoms with Crippen LogP contribution in [-0.4, -0.2) is 76.1 Å². The third kappa shape index (κ3) is 6.11. The quantitative estimate of drug-likeness (QED) is 0.185. The number of fused-ring (bicyclic) bond motifs is 1. The van der Waals surface area contributed by atoms with E-state index in [-0.39, 0.29) is 34.7 Å². The van der Waals surface area contributed by atoms with Crippen molar-refractivity contribution in [1.82, 2.24) is 20.3 Å². The lowest BCUT2D eigenvalue weighted by Gasteiger charge is -2.33. The molecule has 1 aliphatic heterocycles. The largest absolute Gasteiger partial charge is 0.495 e. The van der Waals surface area contributed by atoms with Crippen molar-refractivity contribution < 1.29 is 35.9 Å². The van der Waals surface area contributed by atoms with Crippen molar-refractivity contribution in [2.45, 2.75) is 48.8 Å². The fourth-order valence-electron chi connectivity index (χ4n) is 5.71. The molecule has 4 aromatic rings. The molecule has 6 rings (SSSR count). The number of rotatable bonds is 12. The second-order valence-electron chi connectivity index (χ2n) is 11.0. The molecule has 3 heterocycles. The van der Waals surface area contributed by atoms with Crippen molar-refractivity contribution in [3.63, 3.8) is 0 Å². The highest BCUT2D eigenvalue weighted by Crippen LogP contribution is 2.42. The number of sulfonamides is 1. The number of anilines is 3. The van der Waals surface area contributed by atoms with Gasteiger partial charge in [-0.25, -0.2) is 17.2 Å². The van der Waals surface area contributed by atoms with Crippen LogP contribution in [0.15, 0.2) is 39.8 Å². The Balaban J connectivity index is 1.28. The standard InChI is InChI=1S/C29H34F2N6O6S/c1-40-23-11-19-22(12-21(23)32-27-13-20(33-34-27)16-6-7-16)43-35-29(19)36-44(38,39)28-24(41-2)9-18(10-25(28)42-3)17-5-4-8-37(14-17)15-26(30)31/h9-13,16-17,26H,4-8,14-15H2,1-3H3,(H,35,36)(H2,32,33,34). The molecule has 1 saturated heterocycles. The molecular weight excluding hydrogens is 598 g/mol. The lowest BCUT2D eigenvalue weighted by atomic mass is 9.90. The number of aromatic nitrogens is 3. The fraction of sp³-hybridized carbons (Fsp3) is 0.448. The third-order valence-corrected chi connectivity index (χ3v) is 9.43. The van der Waals surface area contributed by atoms with E-state index < -0.39 is 16.4 Å². The Morgan fingerprint density at radius 2 is 1.75 bits per heavy atom. The van der Waals surface area contributed by atoms with Crippen LogP contribution in [0, 0.1) is 0 Å². The molecule has 3 N–H and O–H groups in total. The molecule has 12 nitrogen and oxygen atoms in total. The summed E-state index contributed by atoms with van der Waals surface area (Å²) < 4.78 is 78.2. The van der Waals surface area contributed by atoms with Gasteiger partial charge in [0.15, 0.2) is 22.1 Å². The summed E-state index contributed by atoms with van der Waals surface area (Å²) in [7, 11) is -0.0936. The summed E-state index contributed by atoms with van der Waals surface area (Å²) in [5, 5.41) is 14.9. The average Bonchev–Trinajstić information content (AvgIpc) is 3.64. The number of piperidine rings is 1. The molecule has 236 valence electrons. The van der Waals surface area contributed by atoms with Gasteiger partial charge in [0.1, 0.15) is 17.2 Å². The fourth-order valence-corrected chi connectivity index (χ4v) is 7.03. The predicted molar refractivity (Wildman–Crippen MR) is 159 cm³/mol. The van der Waals surface area contributed by atoms with Crippen LogP contribution in [0.1, 0.15) is 48.8 Å². The Hall–Kier alpha value is -4.11. The molecule has 0 spiro atoms. The molecule has 44 heavy (non-hydrogen) atoms. The normalized spacial score (nSPS) is 17.6. The Morgan fingerprint density at radius 3 is 2.41 bits per heavy atom. The van der Waals surface area contributed by atoms with Crippen molar-refractivity contribution in [3.05, 3.63) is 41.6 Å². The summed E-state index contributed by atoms with van der Waals surface area (Å²) in [5.74, 6) is 1.51. The number of ether oxygens (including phenoxy) is 3. The van der Waals surface area contributed by atoms with Crippen molar-refractivity contribution in [2.24, 2.45) is 0 Å². The van der Waals surface area contributed by atoms with Gasteiger partial charge in [-0.05, 0) is 61.9 Å². The van der Waals surface area contributed by atoms with E-state index in [9.17, 15) is 17.2 Å². The van der Waals surface area contributed by atoms with E-state index in [0.29, 0.717) is 47.2 Å². The van der Waals surface area contributed by atoms with Gasteiger partial charge in [-0.1, -0.05) is 5.16 Å². The molecular formula is C29H34F2N6O6S. The SMILES string of the molecule is COc1cc2c(NS(=O)(=O)c3c(OC)cc(C4CCCN(CC(F)F)C4)cc3OC)noc2cc1Nc1cc(C2CC2)[nH]n1. The molecule has 2 aromatic carbocycles. The molecule has 1 atom stereocenters. The van der Waals surface area contributed by atoms with Gasteiger partial charge in [0.05, 0.1) is 38.9 Å². The van der Waals surface area contributed by atoms with Crippen molar-refractivity contribution in [3.8, 4) is 17.2 Å². The lowest BCUT2D eigenvalue weighted by molar-refractivity contribution is 0.0738. The first kappa shape index (κ1) is 29.9. The first-order valence-corrected chi connectivity index (χ1v) is 15.8. The number of aromatic amines is 1. The van der Waals surface area contributed by atoms with E-state index in [2.05, 4.69) is 25.4 Å². The number of nitrogens with one attached hydrogen (secondary N) is 3. The van der Waals surface area contributed by atoms with E-state index in [1.54, 1.807) is 29.2 Å². The van der Waals surface area contributed by atoms with Crippen LogP contribution in [0.4, 0.5) is 26.1 Å². The highest BCUT2D eigenvalue weighted by Gasteiger charge is 2.31. The molecule has 0 radical (unpaired) electrons. The monoisotopic (exact) mass is 632 g/mol. The summed E-state index contributed by atoms with van der Waals surface area (Å²) in [4.78, 5) is 1.49. The van der Waals surface area contributed by atoms with E-state index in [0.717, 1.165) is 36.9 Å². The van der Waals surface area contributed by atoms with Crippen LogP contribution in [0.5, 0.6) is 17.2 Å². The van der Waals surface area contributed by atoms with E-state index >= 15 is 0 Å². The zero-order chi connectivity index (χ0) is 31.0. The van der Waals surface area contributed by atoms with Crippen molar-refractivity contribution >= 4 is 38.3 Å². The number of hydrogen-bond donors (Lipinski definition) is 3. The number of benzene rings is 2. The van der Waals surface area contributed by atoms with E-state index in [4.69, 9.17) is 18.7 Å². The minimum atomic E-state index is -4.31. The van der Waals surface area contributed by atoms with Gasteiger partial charge in [0.25, 0.3) is 16.4 Å². The molecule has 0 amide bonds. The first-order valence-electron chi connectivity index (χ1n) is 14.3. The maximum Gasteiger partial charge on any atom is 0.270 e. The number of H-pyrrole nitrogens is 1. The third-order valence-electron chi connectivity index (χ3n) is 8.03. The van der Waals surface area contributed by atoms with E-state index in [1.807, 2.05) is 6.07 Å². The summed E-state index contributed by atoms with van der Waals surface area (Å²) in [6.45, 7) is 0.704. The molecule has 1 aliphatic carbocycles. The van der Waals surface area contributed by atoms with Gasteiger partial charge >= 0.3 is 0 Å². The highest BCUT2D eigenvalue weighted by atomic mass is 32.2. The van der Waals surface area contributed by atoms with Gasteiger partial charge in [0.2, 0.25) is 0 Å². The van der Waals surface area contributed by atoms with Gasteiger partial charge in [-0.3, -0.25) is 14.7 Å². The molecule has 2 fully saturated rings. The number of alkyl halides is 2. The molecule has 2 aromatic heterocycles. The molecule has 1 unspecified atom stereocenters. The van der Waals surface area contributed by atoms with Crippen molar-refractivity contribution in [2.75, 3.05) is 51.0 Å². The Bertz CT molecular complexity index is 1730. The van der Waals surface area contributed by atoms with Crippen LogP contribution in [0.25, 0.3) is 11.0 Å². The van der Waals surface area contributed by atoms with Crippen LogP contribution < -0.4 is 24.2 Å². The Morgan fingerprint density at radius 1 is 1.02 bits per heavy atom. The minimum Gasteiger partial charge on any atom is -0.495 e. The van der Waals surface area contributed by atoms with Gasteiger partial charge in [-0.15, -0.1) is 0 Å². The molecule has 1 saturated carbocycles. The Kier molecular flexibility index (Phi) is 8.24. The summed E-state index contributed by atoms with van der Waals surface area (Å²) >= 11 is 0. The first-order chi connectivity index (χ1) is 21.2. The second kappa shape index (κ2) is 12.1. The summed E-state index contributed by atoms with van der Waals surface area (Å²) in [6.07, 6.45) is 1.36. The average molecular weight is 633 g/mol. The van der Waals surface area contributed by atoms with Crippen LogP contribution >= 0.6 is 0 Å². The summed E-state index contributed by atoms with van der Waals surface area (Å²) in [6, 6.07) is 8.47. The molecule has 0 bridgehead atoms. The van der Waals surface area contributed by atoms with Gasteiger partial charge < -0.3 is 24.1 Å². The number of halogens is 2. The number of hydrogen-bond acceptors (Lipinski definition) is 10. The lowest BCUT2D eigenvalue weighted by Crippen LogP contribution is -2.37. The zero-order valence-corrected chi connectivity index (χ0v) is 25.3. The highest BCUT2D eigenvalue weighted by molar-refractivity contribution is 7.93. The zero-order valence-electron chi connectivity index (χ0n) is 24.5. The topological polar surface area (TPSA) is 144 Å².